The Kier molecular flexibility index (Phi) is 7.14. The van der Waals surface area contributed by atoms with E-state index in [1.807, 2.05) is 30.3 Å². The van der Waals surface area contributed by atoms with Crippen molar-refractivity contribution in [1.29, 1.82) is 0 Å². The first kappa shape index (κ1) is 24.4. The number of hydrogen-bond acceptors (Lipinski definition) is 4. The predicted octanol–water partition coefficient (Wildman–Crippen LogP) is 2.33. The maximum atomic E-state index is 13.3. The van der Waals surface area contributed by atoms with Crippen LogP contribution in [0.5, 0.6) is 0 Å². The number of amides is 5. The van der Waals surface area contributed by atoms with Crippen LogP contribution < -0.4 is 10.6 Å². The van der Waals surface area contributed by atoms with Crippen LogP contribution >= 0.6 is 0 Å². The molecule has 2 aromatic carbocycles. The summed E-state index contributed by atoms with van der Waals surface area (Å²) in [6.07, 6.45) is 2.29. The molecule has 1 unspecified atom stereocenters. The minimum Gasteiger partial charge on any atom is -0.353 e. The Balaban J connectivity index is 1.25. The third kappa shape index (κ3) is 5.50. The zero-order chi connectivity index (χ0) is 25.0. The van der Waals surface area contributed by atoms with Gasteiger partial charge in [-0.15, -0.1) is 0 Å². The highest BCUT2D eigenvalue weighted by Gasteiger charge is 2.49. The number of aryl methyl sites for hydroxylation is 1. The molecule has 0 radical (unpaired) electrons. The highest BCUT2D eigenvalue weighted by molar-refractivity contribution is 6.09. The molecule has 4 rings (SSSR count). The van der Waals surface area contributed by atoms with Crippen LogP contribution in [-0.2, 0) is 26.3 Å². The van der Waals surface area contributed by atoms with Crippen LogP contribution in [0.15, 0.2) is 54.6 Å². The summed E-state index contributed by atoms with van der Waals surface area (Å²) in [6.45, 7) is 2.04. The molecule has 0 spiro atoms. The van der Waals surface area contributed by atoms with Gasteiger partial charge in [0.1, 0.15) is 17.9 Å². The van der Waals surface area contributed by atoms with Crippen LogP contribution in [0.4, 0.5) is 9.18 Å². The van der Waals surface area contributed by atoms with E-state index in [1.165, 1.54) is 31.2 Å². The minimum absolute atomic E-state index is 0.0131. The lowest BCUT2D eigenvalue weighted by Crippen LogP contribution is -2.50. The summed E-state index contributed by atoms with van der Waals surface area (Å²) in [6, 6.07) is 14.5. The van der Waals surface area contributed by atoms with E-state index < -0.39 is 23.3 Å². The summed E-state index contributed by atoms with van der Waals surface area (Å²) in [5.41, 5.74) is 0.192. The molecule has 2 aliphatic rings. The van der Waals surface area contributed by atoms with Gasteiger partial charge in [-0.2, -0.15) is 0 Å². The fourth-order valence-electron chi connectivity index (χ4n) is 4.53. The average molecular weight is 481 g/mol. The lowest BCUT2D eigenvalue weighted by molar-refractivity contribution is -0.139. The second-order valence-electron chi connectivity index (χ2n) is 9.16. The van der Waals surface area contributed by atoms with Gasteiger partial charge in [0, 0.05) is 25.6 Å². The normalized spacial score (nSPS) is 20.6. The van der Waals surface area contributed by atoms with Crippen molar-refractivity contribution < 1.29 is 23.6 Å². The molecule has 0 aliphatic carbocycles. The highest BCUT2D eigenvalue weighted by atomic mass is 19.1. The van der Waals surface area contributed by atoms with Crippen LogP contribution in [0.25, 0.3) is 0 Å². The number of piperidine rings is 1. The largest absolute Gasteiger partial charge is 0.353 e. The molecular weight excluding hydrogens is 451 g/mol. The molecule has 2 saturated heterocycles. The van der Waals surface area contributed by atoms with Gasteiger partial charge in [-0.25, -0.2) is 9.18 Å². The van der Waals surface area contributed by atoms with Crippen molar-refractivity contribution >= 4 is 23.8 Å². The van der Waals surface area contributed by atoms with Gasteiger partial charge in [0.15, 0.2) is 0 Å². The van der Waals surface area contributed by atoms with Gasteiger partial charge in [0.05, 0.1) is 0 Å². The van der Waals surface area contributed by atoms with Gasteiger partial charge in [0.2, 0.25) is 11.8 Å². The first-order valence-electron chi connectivity index (χ1n) is 11.8. The first-order chi connectivity index (χ1) is 16.8. The van der Waals surface area contributed by atoms with Crippen molar-refractivity contribution in [1.82, 2.24) is 20.4 Å². The van der Waals surface area contributed by atoms with Gasteiger partial charge in [-0.05, 0) is 49.4 Å². The van der Waals surface area contributed by atoms with E-state index in [0.717, 1.165) is 10.5 Å². The van der Waals surface area contributed by atoms with Crippen molar-refractivity contribution in [3.05, 3.63) is 71.5 Å². The Morgan fingerprint density at radius 2 is 1.71 bits per heavy atom. The number of urea groups is 1. The number of imide groups is 1. The number of nitrogens with zero attached hydrogens (tertiary/aromatic N) is 2. The highest BCUT2D eigenvalue weighted by Crippen LogP contribution is 2.29. The third-order valence-electron chi connectivity index (χ3n) is 6.69. The number of rotatable bonds is 7. The molecule has 184 valence electrons. The number of benzene rings is 2. The summed E-state index contributed by atoms with van der Waals surface area (Å²) in [5.74, 6) is -1.34. The summed E-state index contributed by atoms with van der Waals surface area (Å²) in [7, 11) is 0. The number of nitrogens with one attached hydrogen (secondary N) is 2. The van der Waals surface area contributed by atoms with Gasteiger partial charge in [-0.1, -0.05) is 42.5 Å². The molecule has 2 aromatic rings. The summed E-state index contributed by atoms with van der Waals surface area (Å²) in [4.78, 5) is 53.2. The molecule has 0 aromatic heterocycles. The van der Waals surface area contributed by atoms with Crippen molar-refractivity contribution in [2.45, 2.75) is 44.2 Å². The Morgan fingerprint density at radius 3 is 2.37 bits per heavy atom. The lowest BCUT2D eigenvalue weighted by Gasteiger charge is -2.33. The van der Waals surface area contributed by atoms with Gasteiger partial charge < -0.3 is 15.5 Å². The van der Waals surface area contributed by atoms with E-state index in [1.54, 1.807) is 4.90 Å². The Morgan fingerprint density at radius 1 is 1.06 bits per heavy atom. The number of halogens is 1. The molecule has 2 aliphatic heterocycles. The zero-order valence-electron chi connectivity index (χ0n) is 19.6. The van der Waals surface area contributed by atoms with E-state index in [0.29, 0.717) is 44.3 Å². The second-order valence-corrected chi connectivity index (χ2v) is 9.16. The van der Waals surface area contributed by atoms with E-state index in [4.69, 9.17) is 0 Å². The van der Waals surface area contributed by atoms with Crippen molar-refractivity contribution in [2.75, 3.05) is 19.6 Å². The molecule has 1 atom stereocenters. The van der Waals surface area contributed by atoms with Crippen LogP contribution in [0.2, 0.25) is 0 Å². The van der Waals surface area contributed by atoms with Crippen LogP contribution in [0, 0.1) is 5.82 Å². The van der Waals surface area contributed by atoms with E-state index in [9.17, 15) is 23.6 Å². The molecule has 2 heterocycles. The standard InChI is InChI=1S/C26H29FN4O4/c1-26(19-8-10-20(27)11-9-19)24(34)31(25(35)29-26)17-23(33)30-15-13-21(14-16-30)28-22(32)12-7-18-5-3-2-4-6-18/h2-6,8-11,21H,7,12-17H2,1H3,(H,28,32)(H,29,35). The average Bonchev–Trinajstić information content (AvgIpc) is 3.08. The topological polar surface area (TPSA) is 98.8 Å². The van der Waals surface area contributed by atoms with E-state index in [2.05, 4.69) is 10.6 Å². The Hall–Kier alpha value is -3.75. The van der Waals surface area contributed by atoms with Gasteiger partial charge in [-0.3, -0.25) is 19.3 Å². The molecule has 2 fully saturated rings. The Labute approximate surface area is 203 Å². The quantitative estimate of drug-likeness (QED) is 0.595. The molecule has 35 heavy (non-hydrogen) atoms. The smallest absolute Gasteiger partial charge is 0.325 e. The van der Waals surface area contributed by atoms with Gasteiger partial charge in [0.25, 0.3) is 5.91 Å². The monoisotopic (exact) mass is 480 g/mol. The number of likely N-dealkylation sites (tertiary alicyclic amines) is 1. The predicted molar refractivity (Wildman–Crippen MR) is 127 cm³/mol. The van der Waals surface area contributed by atoms with Gasteiger partial charge >= 0.3 is 6.03 Å². The Bertz CT molecular complexity index is 1100. The lowest BCUT2D eigenvalue weighted by atomic mass is 9.92. The zero-order valence-corrected chi connectivity index (χ0v) is 19.6. The van der Waals surface area contributed by atoms with Crippen LogP contribution in [-0.4, -0.2) is 59.2 Å². The molecular formula is C26H29FN4O4. The fourth-order valence-corrected chi connectivity index (χ4v) is 4.53. The summed E-state index contributed by atoms with van der Waals surface area (Å²) in [5, 5.41) is 5.66. The number of hydrogen-bond donors (Lipinski definition) is 2. The number of carbonyl (C=O) groups excluding carboxylic acids is 4. The van der Waals surface area contributed by atoms with Crippen molar-refractivity contribution in [3.8, 4) is 0 Å². The fraction of sp³-hybridized carbons (Fsp3) is 0.385. The molecule has 2 N–H and O–H groups in total. The second kappa shape index (κ2) is 10.2. The third-order valence-corrected chi connectivity index (χ3v) is 6.69. The molecule has 0 saturated carbocycles. The van der Waals surface area contributed by atoms with Crippen molar-refractivity contribution in [2.24, 2.45) is 0 Å². The number of carbonyl (C=O) groups is 4. The minimum atomic E-state index is -1.36. The van der Waals surface area contributed by atoms with Crippen LogP contribution in [0.1, 0.15) is 37.3 Å². The maximum absolute atomic E-state index is 13.3. The maximum Gasteiger partial charge on any atom is 0.325 e. The molecule has 8 nitrogen and oxygen atoms in total. The summed E-state index contributed by atoms with van der Waals surface area (Å²) < 4.78 is 13.3. The van der Waals surface area contributed by atoms with Crippen molar-refractivity contribution in [3.63, 3.8) is 0 Å². The van der Waals surface area contributed by atoms with E-state index in [-0.39, 0.29) is 24.4 Å². The SMILES string of the molecule is CC1(c2ccc(F)cc2)NC(=O)N(CC(=O)N2CCC(NC(=O)CCc3ccccc3)CC2)C1=O. The molecule has 5 amide bonds. The molecule has 0 bridgehead atoms. The molecule has 9 heteroatoms. The first-order valence-corrected chi connectivity index (χ1v) is 11.8. The van der Waals surface area contributed by atoms with E-state index >= 15 is 0 Å². The summed E-state index contributed by atoms with van der Waals surface area (Å²) >= 11 is 0. The van der Waals surface area contributed by atoms with Crippen LogP contribution in [0.3, 0.4) is 0 Å².